The standard InChI is InChI=1S/C35H34Cl3FN4O5S/c36-23-6-4-22(5-7-23)29-30(48-17-1-14-41-28(45)20-44)32(49-31(29)26-11-8-24(37)18-27(26)38)33(46)43-15-12-35(13-16-43,34(40)47)42-19-21-2-9-25(39)10-3-21/h2-11,18,42,44H,1,12-17,19-20H2,(H2,40,47)(H,41,45). The number of ether oxygens (including phenoxy) is 1. The number of rotatable bonds is 13. The molecule has 1 aromatic heterocycles. The fraction of sp³-hybridized carbons (Fsp3) is 0.286. The lowest BCUT2D eigenvalue weighted by molar-refractivity contribution is -0.126. The van der Waals surface area contributed by atoms with E-state index < -0.39 is 24.0 Å². The van der Waals surface area contributed by atoms with E-state index in [4.69, 9.17) is 50.4 Å². The molecule has 14 heteroatoms. The van der Waals surface area contributed by atoms with Crippen LogP contribution in [0.2, 0.25) is 15.1 Å². The molecule has 4 aromatic rings. The number of nitrogens with zero attached hydrogens (tertiary/aromatic N) is 1. The molecule has 5 rings (SSSR count). The van der Waals surface area contributed by atoms with Gasteiger partial charge in [-0.15, -0.1) is 11.3 Å². The molecule has 0 radical (unpaired) electrons. The summed E-state index contributed by atoms with van der Waals surface area (Å²) < 4.78 is 19.8. The first-order chi connectivity index (χ1) is 23.5. The molecule has 0 spiro atoms. The van der Waals surface area contributed by atoms with Crippen LogP contribution in [0, 0.1) is 5.82 Å². The van der Waals surface area contributed by atoms with E-state index in [2.05, 4.69) is 10.6 Å². The lowest BCUT2D eigenvalue weighted by Crippen LogP contribution is -2.61. The average molecular weight is 748 g/mol. The van der Waals surface area contributed by atoms with Crippen molar-refractivity contribution in [2.75, 3.05) is 32.8 Å². The molecule has 1 aliphatic rings. The molecule has 0 atom stereocenters. The first kappa shape index (κ1) is 36.6. The highest BCUT2D eigenvalue weighted by molar-refractivity contribution is 7.18. The zero-order valence-corrected chi connectivity index (χ0v) is 29.3. The third kappa shape index (κ3) is 8.72. The minimum atomic E-state index is -1.06. The predicted molar refractivity (Wildman–Crippen MR) is 191 cm³/mol. The summed E-state index contributed by atoms with van der Waals surface area (Å²) >= 11 is 20.4. The summed E-state index contributed by atoms with van der Waals surface area (Å²) in [5, 5.41) is 16.3. The van der Waals surface area contributed by atoms with E-state index in [1.807, 2.05) is 12.1 Å². The number of amides is 3. The molecular weight excluding hydrogens is 714 g/mol. The number of primary amides is 1. The number of carbonyl (C=O) groups excluding carboxylic acids is 3. The maximum absolute atomic E-state index is 14.4. The van der Waals surface area contributed by atoms with Crippen LogP contribution >= 0.6 is 46.1 Å². The van der Waals surface area contributed by atoms with Crippen LogP contribution in [0.4, 0.5) is 4.39 Å². The Morgan fingerprint density at radius 2 is 1.65 bits per heavy atom. The van der Waals surface area contributed by atoms with E-state index in [1.54, 1.807) is 47.4 Å². The van der Waals surface area contributed by atoms with Gasteiger partial charge in [-0.3, -0.25) is 19.7 Å². The topological polar surface area (TPSA) is 134 Å². The number of hydrogen-bond donors (Lipinski definition) is 4. The second-order valence-corrected chi connectivity index (χ2v) is 13.8. The highest BCUT2D eigenvalue weighted by Gasteiger charge is 2.41. The molecular formula is C35H34Cl3FN4O5S. The minimum Gasteiger partial charge on any atom is -0.491 e. The number of nitrogens with one attached hydrogen (secondary N) is 2. The van der Waals surface area contributed by atoms with E-state index in [9.17, 15) is 18.8 Å². The van der Waals surface area contributed by atoms with Crippen molar-refractivity contribution < 1.29 is 28.6 Å². The van der Waals surface area contributed by atoms with Crippen LogP contribution in [0.25, 0.3) is 21.6 Å². The third-order valence-corrected chi connectivity index (χ3v) is 10.3. The molecule has 9 nitrogen and oxygen atoms in total. The summed E-state index contributed by atoms with van der Waals surface area (Å²) in [6, 6.07) is 18.2. The highest BCUT2D eigenvalue weighted by atomic mass is 35.5. The van der Waals surface area contributed by atoms with Gasteiger partial charge in [0, 0.05) is 52.2 Å². The van der Waals surface area contributed by atoms with Crippen LogP contribution in [0.15, 0.2) is 66.7 Å². The lowest BCUT2D eigenvalue weighted by Gasteiger charge is -2.40. The molecule has 1 saturated heterocycles. The van der Waals surface area contributed by atoms with Crippen molar-refractivity contribution >= 4 is 63.9 Å². The monoisotopic (exact) mass is 746 g/mol. The minimum absolute atomic E-state index is 0.148. The van der Waals surface area contributed by atoms with Crippen molar-refractivity contribution in [3.05, 3.63) is 98.1 Å². The van der Waals surface area contributed by atoms with Gasteiger partial charge in [0.15, 0.2) is 5.75 Å². The van der Waals surface area contributed by atoms with Crippen molar-refractivity contribution in [2.45, 2.75) is 31.3 Å². The van der Waals surface area contributed by atoms with Crippen LogP contribution in [0.1, 0.15) is 34.5 Å². The number of halogens is 4. The summed E-state index contributed by atoms with van der Waals surface area (Å²) in [4.78, 5) is 41.3. The molecule has 0 unspecified atom stereocenters. The highest BCUT2D eigenvalue weighted by Crippen LogP contribution is 2.50. The van der Waals surface area contributed by atoms with Gasteiger partial charge in [-0.1, -0.05) is 65.1 Å². The van der Waals surface area contributed by atoms with Gasteiger partial charge < -0.3 is 25.8 Å². The number of aliphatic hydroxyl groups excluding tert-OH is 1. The number of piperidine rings is 1. The van der Waals surface area contributed by atoms with Gasteiger partial charge in [-0.25, -0.2) is 4.39 Å². The SMILES string of the molecule is NC(=O)C1(NCc2ccc(F)cc2)CCN(C(=O)c2sc(-c3ccc(Cl)cc3Cl)c(-c3ccc(Cl)cc3)c2OCCCNC(=O)CO)CC1. The van der Waals surface area contributed by atoms with Gasteiger partial charge in [-0.05, 0) is 66.8 Å². The smallest absolute Gasteiger partial charge is 0.267 e. The number of benzene rings is 3. The fourth-order valence-electron chi connectivity index (χ4n) is 5.59. The van der Waals surface area contributed by atoms with Crippen molar-refractivity contribution in [3.63, 3.8) is 0 Å². The molecule has 49 heavy (non-hydrogen) atoms. The fourth-order valence-corrected chi connectivity index (χ4v) is 7.55. The summed E-state index contributed by atoms with van der Waals surface area (Å²) in [5.74, 6) is -1.34. The molecule has 1 fully saturated rings. The molecule has 3 aromatic carbocycles. The number of carbonyl (C=O) groups is 3. The van der Waals surface area contributed by atoms with Crippen molar-refractivity contribution in [3.8, 4) is 27.3 Å². The number of thiophene rings is 1. The zero-order chi connectivity index (χ0) is 35.1. The summed E-state index contributed by atoms with van der Waals surface area (Å²) in [6.07, 6.45) is 0.930. The summed E-state index contributed by atoms with van der Waals surface area (Å²) in [5.41, 5.74) is 7.64. The summed E-state index contributed by atoms with van der Waals surface area (Å²) in [7, 11) is 0. The summed E-state index contributed by atoms with van der Waals surface area (Å²) in [6.45, 7) is 0.547. The molecule has 0 saturated carbocycles. The van der Waals surface area contributed by atoms with Crippen LogP contribution in [-0.2, 0) is 16.1 Å². The van der Waals surface area contributed by atoms with Crippen LogP contribution < -0.4 is 21.1 Å². The van der Waals surface area contributed by atoms with Gasteiger partial charge in [0.05, 0.1) is 11.6 Å². The second-order valence-electron chi connectivity index (χ2n) is 11.5. The van der Waals surface area contributed by atoms with E-state index in [-0.39, 0.29) is 50.8 Å². The molecule has 0 aliphatic carbocycles. The number of likely N-dealkylation sites (tertiary alicyclic amines) is 1. The quantitative estimate of drug-likeness (QED) is 0.119. The first-order valence-electron chi connectivity index (χ1n) is 15.5. The predicted octanol–water partition coefficient (Wildman–Crippen LogP) is 6.31. The molecule has 2 heterocycles. The van der Waals surface area contributed by atoms with Crippen molar-refractivity contribution in [2.24, 2.45) is 5.73 Å². The molecule has 0 bridgehead atoms. The maximum Gasteiger partial charge on any atom is 0.267 e. The molecule has 3 amide bonds. The number of aliphatic hydroxyl groups is 1. The first-order valence-corrected chi connectivity index (χ1v) is 17.4. The molecule has 5 N–H and O–H groups in total. The Labute approximate surface area is 302 Å². The van der Waals surface area contributed by atoms with Crippen LogP contribution in [0.3, 0.4) is 0 Å². The van der Waals surface area contributed by atoms with E-state index in [0.29, 0.717) is 54.7 Å². The van der Waals surface area contributed by atoms with Crippen molar-refractivity contribution in [1.82, 2.24) is 15.5 Å². The van der Waals surface area contributed by atoms with Crippen LogP contribution in [0.5, 0.6) is 5.75 Å². The maximum atomic E-state index is 14.4. The Morgan fingerprint density at radius 3 is 2.29 bits per heavy atom. The third-order valence-electron chi connectivity index (χ3n) is 8.32. The largest absolute Gasteiger partial charge is 0.491 e. The molecule has 258 valence electrons. The van der Waals surface area contributed by atoms with Gasteiger partial charge in [-0.2, -0.15) is 0 Å². The normalized spacial score (nSPS) is 14.0. The molecule has 1 aliphatic heterocycles. The second kappa shape index (κ2) is 16.3. The van der Waals surface area contributed by atoms with Gasteiger partial charge >= 0.3 is 0 Å². The number of hydrogen-bond acceptors (Lipinski definition) is 7. The van der Waals surface area contributed by atoms with Gasteiger partial charge in [0.25, 0.3) is 5.91 Å². The average Bonchev–Trinajstić information content (AvgIpc) is 3.46. The Morgan fingerprint density at radius 1 is 0.980 bits per heavy atom. The van der Waals surface area contributed by atoms with Crippen LogP contribution in [-0.4, -0.2) is 66.1 Å². The number of nitrogens with two attached hydrogens (primary N) is 1. The Balaban J connectivity index is 1.47. The van der Waals surface area contributed by atoms with E-state index in [1.165, 1.54) is 23.5 Å². The van der Waals surface area contributed by atoms with Gasteiger partial charge in [0.2, 0.25) is 11.8 Å². The van der Waals surface area contributed by atoms with E-state index >= 15 is 0 Å². The zero-order valence-electron chi connectivity index (χ0n) is 26.2. The van der Waals surface area contributed by atoms with E-state index in [0.717, 1.165) is 11.1 Å². The Hall–Kier alpha value is -3.71. The Kier molecular flexibility index (Phi) is 12.2. The van der Waals surface area contributed by atoms with Crippen molar-refractivity contribution in [1.29, 1.82) is 0 Å². The Bertz CT molecular complexity index is 1810. The van der Waals surface area contributed by atoms with Gasteiger partial charge in [0.1, 0.15) is 22.8 Å². The lowest BCUT2D eigenvalue weighted by atomic mass is 9.86.